The minimum absolute atomic E-state index is 0.0165. The molecule has 0 saturated carbocycles. The van der Waals surface area contributed by atoms with Gasteiger partial charge in [-0.1, -0.05) is 11.3 Å². The SMILES string of the molecule is COc1ccc2c(c1)nnn2-c1ccc(CNS(=O)[O-])cc1F. The van der Waals surface area contributed by atoms with Gasteiger partial charge in [0.05, 0.1) is 12.6 Å². The Balaban J connectivity index is 1.97. The third-order valence-electron chi connectivity index (χ3n) is 3.29. The molecule has 2 aromatic carbocycles. The normalized spacial score (nSPS) is 12.5. The van der Waals surface area contributed by atoms with Crippen molar-refractivity contribution in [1.29, 1.82) is 0 Å². The molecule has 0 aliphatic heterocycles. The summed E-state index contributed by atoms with van der Waals surface area (Å²) < 4.78 is 43.9. The zero-order valence-electron chi connectivity index (χ0n) is 12.0. The smallest absolute Gasteiger partial charge is 0.149 e. The van der Waals surface area contributed by atoms with E-state index in [-0.39, 0.29) is 12.2 Å². The molecule has 3 rings (SSSR count). The van der Waals surface area contributed by atoms with Crippen LogP contribution in [0, 0.1) is 5.82 Å². The van der Waals surface area contributed by atoms with Gasteiger partial charge in [0.2, 0.25) is 0 Å². The van der Waals surface area contributed by atoms with Crippen molar-refractivity contribution in [2.75, 3.05) is 7.11 Å². The Morgan fingerprint density at radius 3 is 2.87 bits per heavy atom. The molecule has 0 bridgehead atoms. The number of benzene rings is 2. The summed E-state index contributed by atoms with van der Waals surface area (Å²) in [7, 11) is 1.55. The van der Waals surface area contributed by atoms with E-state index in [9.17, 15) is 13.2 Å². The van der Waals surface area contributed by atoms with Crippen molar-refractivity contribution in [2.24, 2.45) is 0 Å². The number of halogens is 1. The molecule has 1 heterocycles. The molecule has 9 heteroatoms. The highest BCUT2D eigenvalue weighted by molar-refractivity contribution is 7.77. The lowest BCUT2D eigenvalue weighted by Gasteiger charge is -2.09. The first-order chi connectivity index (χ1) is 11.1. The molecule has 0 saturated heterocycles. The van der Waals surface area contributed by atoms with Gasteiger partial charge >= 0.3 is 0 Å². The summed E-state index contributed by atoms with van der Waals surface area (Å²) in [4.78, 5) is 0. The average molecular weight is 335 g/mol. The van der Waals surface area contributed by atoms with Crippen molar-refractivity contribution in [3.05, 3.63) is 47.8 Å². The van der Waals surface area contributed by atoms with E-state index in [2.05, 4.69) is 15.0 Å². The highest BCUT2D eigenvalue weighted by Crippen LogP contribution is 2.23. The first kappa shape index (κ1) is 15.5. The highest BCUT2D eigenvalue weighted by atomic mass is 32.2. The molecule has 7 nitrogen and oxygen atoms in total. The fourth-order valence-corrected chi connectivity index (χ4v) is 2.47. The summed E-state index contributed by atoms with van der Waals surface area (Å²) in [5, 5.41) is 7.96. The van der Waals surface area contributed by atoms with Crippen LogP contribution in [-0.2, 0) is 17.8 Å². The largest absolute Gasteiger partial charge is 0.760 e. The Morgan fingerprint density at radius 1 is 1.35 bits per heavy atom. The Labute approximate surface area is 133 Å². The van der Waals surface area contributed by atoms with Gasteiger partial charge in [-0.25, -0.2) is 13.8 Å². The van der Waals surface area contributed by atoms with Gasteiger partial charge in [0.25, 0.3) is 0 Å². The first-order valence-electron chi connectivity index (χ1n) is 6.59. The number of nitrogens with zero attached hydrogens (tertiary/aromatic N) is 3. The lowest BCUT2D eigenvalue weighted by molar-refractivity contribution is 0.415. The van der Waals surface area contributed by atoms with E-state index in [1.54, 1.807) is 31.4 Å². The summed E-state index contributed by atoms with van der Waals surface area (Å²) >= 11 is -2.39. The van der Waals surface area contributed by atoms with Gasteiger partial charge in [-0.15, -0.1) is 5.10 Å². The maximum Gasteiger partial charge on any atom is 0.149 e. The third-order valence-corrected chi connectivity index (χ3v) is 3.67. The minimum atomic E-state index is -2.39. The van der Waals surface area contributed by atoms with Gasteiger partial charge in [-0.05, 0) is 29.8 Å². The van der Waals surface area contributed by atoms with Crippen LogP contribution in [0.2, 0.25) is 0 Å². The van der Waals surface area contributed by atoms with Crippen LogP contribution in [0.1, 0.15) is 5.56 Å². The molecule has 1 atom stereocenters. The molecule has 0 spiro atoms. The number of hydrogen-bond donors (Lipinski definition) is 1. The number of nitrogens with one attached hydrogen (secondary N) is 1. The van der Waals surface area contributed by atoms with Crippen LogP contribution >= 0.6 is 0 Å². The maximum atomic E-state index is 14.3. The summed E-state index contributed by atoms with van der Waals surface area (Å²) in [6.45, 7) is 0.0165. The van der Waals surface area contributed by atoms with Gasteiger partial charge in [0.1, 0.15) is 22.8 Å². The summed E-state index contributed by atoms with van der Waals surface area (Å²) in [6, 6.07) is 9.59. The van der Waals surface area contributed by atoms with Crippen LogP contribution in [0.4, 0.5) is 4.39 Å². The highest BCUT2D eigenvalue weighted by Gasteiger charge is 2.12. The van der Waals surface area contributed by atoms with E-state index >= 15 is 0 Å². The molecule has 1 aromatic heterocycles. The Bertz CT molecular complexity index is 884. The van der Waals surface area contributed by atoms with Gasteiger partial charge in [-0.3, -0.25) is 4.21 Å². The molecule has 0 aliphatic carbocycles. The number of hydrogen-bond acceptors (Lipinski definition) is 5. The molecule has 0 fully saturated rings. The minimum Gasteiger partial charge on any atom is -0.760 e. The van der Waals surface area contributed by atoms with Crippen molar-refractivity contribution in [1.82, 2.24) is 19.7 Å². The van der Waals surface area contributed by atoms with E-state index in [0.717, 1.165) is 0 Å². The summed E-state index contributed by atoms with van der Waals surface area (Å²) in [6.07, 6.45) is 0. The van der Waals surface area contributed by atoms with E-state index in [1.165, 1.54) is 16.8 Å². The lowest BCUT2D eigenvalue weighted by Crippen LogP contribution is -2.15. The molecule has 0 aliphatic rings. The van der Waals surface area contributed by atoms with Crippen LogP contribution in [-0.4, -0.2) is 30.9 Å². The lowest BCUT2D eigenvalue weighted by atomic mass is 10.2. The second kappa shape index (κ2) is 6.41. The predicted molar refractivity (Wildman–Crippen MR) is 81.1 cm³/mol. The number of rotatable bonds is 5. The van der Waals surface area contributed by atoms with Gasteiger partial charge in [0, 0.05) is 23.9 Å². The predicted octanol–water partition coefficient (Wildman–Crippen LogP) is 1.45. The van der Waals surface area contributed by atoms with Crippen molar-refractivity contribution in [3.63, 3.8) is 0 Å². The molecular weight excluding hydrogens is 323 g/mol. The summed E-state index contributed by atoms with van der Waals surface area (Å²) in [5.41, 5.74) is 1.94. The van der Waals surface area contributed by atoms with Crippen LogP contribution in [0.25, 0.3) is 16.7 Å². The van der Waals surface area contributed by atoms with Crippen LogP contribution in [0.5, 0.6) is 5.75 Å². The Morgan fingerprint density at radius 2 is 2.17 bits per heavy atom. The van der Waals surface area contributed by atoms with E-state index < -0.39 is 17.1 Å². The Hall–Kier alpha value is -2.36. The number of aromatic nitrogens is 3. The number of methoxy groups -OCH3 is 1. The van der Waals surface area contributed by atoms with Crippen LogP contribution < -0.4 is 9.46 Å². The number of fused-ring (bicyclic) bond motifs is 1. The van der Waals surface area contributed by atoms with Gasteiger partial charge in [-0.2, -0.15) is 0 Å². The average Bonchev–Trinajstić information content (AvgIpc) is 2.95. The zero-order chi connectivity index (χ0) is 16.4. The summed E-state index contributed by atoms with van der Waals surface area (Å²) in [5.74, 6) is 0.112. The second-order valence-electron chi connectivity index (χ2n) is 4.70. The molecule has 3 aromatic rings. The van der Waals surface area contributed by atoms with Crippen LogP contribution in [0.15, 0.2) is 36.4 Å². The first-order valence-corrected chi connectivity index (χ1v) is 7.67. The molecule has 0 amide bonds. The second-order valence-corrected chi connectivity index (χ2v) is 5.46. The monoisotopic (exact) mass is 335 g/mol. The molecule has 23 heavy (non-hydrogen) atoms. The molecular formula is C14H12FN4O3S-. The number of ether oxygens (including phenoxy) is 1. The molecule has 1 N–H and O–H groups in total. The maximum absolute atomic E-state index is 14.3. The van der Waals surface area contributed by atoms with Gasteiger partial charge < -0.3 is 9.29 Å². The zero-order valence-corrected chi connectivity index (χ0v) is 12.8. The fraction of sp³-hybridized carbons (Fsp3) is 0.143. The van der Waals surface area contributed by atoms with Crippen molar-refractivity contribution in [3.8, 4) is 11.4 Å². The standard InChI is InChI=1S/C14H13FN4O3S/c1-22-10-3-5-14-12(7-10)17-18-19(14)13-4-2-9(6-11(13)15)8-16-23(20)21/h2-7,16H,8H2,1H3,(H,20,21)/p-1. The fourth-order valence-electron chi connectivity index (χ4n) is 2.18. The van der Waals surface area contributed by atoms with E-state index in [0.29, 0.717) is 22.3 Å². The Kier molecular flexibility index (Phi) is 4.33. The van der Waals surface area contributed by atoms with Crippen LogP contribution in [0.3, 0.4) is 0 Å². The third kappa shape index (κ3) is 3.21. The quantitative estimate of drug-likeness (QED) is 0.713. The topological polar surface area (TPSA) is 92.1 Å². The van der Waals surface area contributed by atoms with Gasteiger partial charge in [0.15, 0.2) is 0 Å². The van der Waals surface area contributed by atoms with Crippen molar-refractivity contribution < 1.29 is 17.9 Å². The van der Waals surface area contributed by atoms with E-state index in [4.69, 9.17) is 4.74 Å². The van der Waals surface area contributed by atoms with Crippen molar-refractivity contribution >= 4 is 22.3 Å². The molecule has 0 radical (unpaired) electrons. The molecule has 1 unspecified atom stereocenters. The molecule has 120 valence electrons. The van der Waals surface area contributed by atoms with E-state index in [1.807, 2.05) is 0 Å². The van der Waals surface area contributed by atoms with Crippen molar-refractivity contribution in [2.45, 2.75) is 6.54 Å².